The van der Waals surface area contributed by atoms with Gasteiger partial charge in [0.25, 0.3) is 0 Å². The van der Waals surface area contributed by atoms with Crippen LogP contribution in [0.1, 0.15) is 26.7 Å². The maximum atomic E-state index is 12.4. The molecule has 0 spiro atoms. The number of halogens is 2. The smallest absolute Gasteiger partial charge is 0.387 e. The molecule has 154 valence electrons. The first-order chi connectivity index (χ1) is 13.3. The molecule has 0 aliphatic heterocycles. The molecular weight excluding hydrogens is 374 g/mol. The first-order valence-corrected chi connectivity index (χ1v) is 8.79. The van der Waals surface area contributed by atoms with Crippen LogP contribution in [0.15, 0.2) is 22.7 Å². The van der Waals surface area contributed by atoms with Crippen molar-refractivity contribution >= 4 is 5.91 Å². The lowest BCUT2D eigenvalue weighted by Gasteiger charge is -2.18. The fourth-order valence-corrected chi connectivity index (χ4v) is 2.48. The summed E-state index contributed by atoms with van der Waals surface area (Å²) in [4.78, 5) is 18.1. The van der Waals surface area contributed by atoms with Crippen LogP contribution in [0.3, 0.4) is 0 Å². The van der Waals surface area contributed by atoms with Gasteiger partial charge in [-0.05, 0) is 38.6 Å². The molecule has 0 aliphatic rings. The Morgan fingerprint density at radius 2 is 2.07 bits per heavy atom. The molecule has 0 radical (unpaired) electrons. The summed E-state index contributed by atoms with van der Waals surface area (Å²) < 4.78 is 39.6. The Morgan fingerprint density at radius 1 is 1.32 bits per heavy atom. The molecule has 1 heterocycles. The van der Waals surface area contributed by atoms with Gasteiger partial charge in [-0.1, -0.05) is 12.1 Å². The van der Waals surface area contributed by atoms with Gasteiger partial charge in [0.15, 0.2) is 11.5 Å². The van der Waals surface area contributed by atoms with Crippen molar-refractivity contribution in [3.05, 3.63) is 24.1 Å². The summed E-state index contributed by atoms with van der Waals surface area (Å²) in [7, 11) is 1.35. The van der Waals surface area contributed by atoms with E-state index in [2.05, 4.69) is 20.2 Å². The number of rotatable bonds is 10. The first kappa shape index (κ1) is 21.5. The van der Waals surface area contributed by atoms with Gasteiger partial charge in [-0.3, -0.25) is 9.69 Å². The molecule has 0 bridgehead atoms. The van der Waals surface area contributed by atoms with Crippen LogP contribution in [0.4, 0.5) is 8.78 Å². The van der Waals surface area contributed by atoms with Gasteiger partial charge in [-0.25, -0.2) is 0 Å². The Kier molecular flexibility index (Phi) is 7.68. The lowest BCUT2D eigenvalue weighted by Crippen LogP contribution is -2.39. The lowest BCUT2D eigenvalue weighted by molar-refractivity contribution is -0.122. The topological polar surface area (TPSA) is 89.7 Å². The van der Waals surface area contributed by atoms with Crippen LogP contribution in [0.25, 0.3) is 11.4 Å². The van der Waals surface area contributed by atoms with Crippen molar-refractivity contribution in [2.75, 3.05) is 20.2 Å². The minimum Gasteiger partial charge on any atom is -0.493 e. The highest BCUT2D eigenvalue weighted by atomic mass is 19.3. The molecule has 10 heteroatoms. The second-order valence-electron chi connectivity index (χ2n) is 6.28. The van der Waals surface area contributed by atoms with Crippen LogP contribution in [0.5, 0.6) is 11.5 Å². The molecule has 2 aromatic rings. The third kappa shape index (κ3) is 6.15. The van der Waals surface area contributed by atoms with Crippen molar-refractivity contribution in [2.24, 2.45) is 0 Å². The molecule has 0 saturated carbocycles. The van der Waals surface area contributed by atoms with E-state index < -0.39 is 6.61 Å². The highest BCUT2D eigenvalue weighted by molar-refractivity contribution is 5.78. The maximum absolute atomic E-state index is 12.4. The van der Waals surface area contributed by atoms with Crippen LogP contribution in [0, 0.1) is 0 Å². The third-order valence-corrected chi connectivity index (χ3v) is 3.73. The van der Waals surface area contributed by atoms with Gasteiger partial charge in [0, 0.05) is 11.6 Å². The van der Waals surface area contributed by atoms with Crippen LogP contribution in [0.2, 0.25) is 0 Å². The van der Waals surface area contributed by atoms with E-state index in [9.17, 15) is 13.6 Å². The van der Waals surface area contributed by atoms with Crippen molar-refractivity contribution in [3.63, 3.8) is 0 Å². The fraction of sp³-hybridized carbons (Fsp3) is 0.500. The number of ether oxygens (including phenoxy) is 2. The zero-order chi connectivity index (χ0) is 20.7. The van der Waals surface area contributed by atoms with Gasteiger partial charge >= 0.3 is 6.61 Å². The van der Waals surface area contributed by atoms with Crippen molar-refractivity contribution in [2.45, 2.75) is 40.0 Å². The number of carbonyl (C=O) groups excluding carboxylic acids is 1. The quantitative estimate of drug-likeness (QED) is 0.658. The summed E-state index contributed by atoms with van der Waals surface area (Å²) in [5.74, 6) is 0.569. The lowest BCUT2D eigenvalue weighted by atomic mass is 10.2. The minimum atomic E-state index is -2.95. The summed E-state index contributed by atoms with van der Waals surface area (Å²) in [5, 5.41) is 6.74. The highest BCUT2D eigenvalue weighted by Crippen LogP contribution is 2.32. The van der Waals surface area contributed by atoms with E-state index in [1.54, 1.807) is 0 Å². The van der Waals surface area contributed by atoms with E-state index >= 15 is 0 Å². The number of alkyl halides is 2. The first-order valence-electron chi connectivity index (χ1n) is 8.79. The summed E-state index contributed by atoms with van der Waals surface area (Å²) >= 11 is 0. The van der Waals surface area contributed by atoms with Crippen LogP contribution in [-0.2, 0) is 11.3 Å². The standard InChI is InChI=1S/C18H24F2N4O4/c1-5-24(9-15(25)21-11(2)3)10-16-22-17(23-28-16)12-6-7-13(27-18(19)20)14(8-12)26-4/h6-8,11,18H,5,9-10H2,1-4H3,(H,21,25). The fourth-order valence-electron chi connectivity index (χ4n) is 2.48. The van der Waals surface area contributed by atoms with Crippen molar-refractivity contribution < 1.29 is 27.6 Å². The van der Waals surface area contributed by atoms with E-state index in [0.29, 0.717) is 24.5 Å². The average molecular weight is 398 g/mol. The summed E-state index contributed by atoms with van der Waals surface area (Å²) in [5.41, 5.74) is 0.522. The number of aromatic nitrogens is 2. The number of benzene rings is 1. The van der Waals surface area contributed by atoms with Gasteiger partial charge in [0.1, 0.15) is 0 Å². The van der Waals surface area contributed by atoms with Crippen molar-refractivity contribution in [3.8, 4) is 22.9 Å². The van der Waals surface area contributed by atoms with Gasteiger partial charge in [0.05, 0.1) is 20.2 Å². The van der Waals surface area contributed by atoms with Crippen LogP contribution in [-0.4, -0.2) is 53.8 Å². The number of hydrogen-bond donors (Lipinski definition) is 1. The number of amides is 1. The molecule has 0 fully saturated rings. The number of hydrogen-bond acceptors (Lipinski definition) is 7. The molecule has 0 unspecified atom stereocenters. The number of nitrogens with zero attached hydrogens (tertiary/aromatic N) is 3. The second-order valence-corrected chi connectivity index (χ2v) is 6.28. The molecule has 1 amide bonds. The largest absolute Gasteiger partial charge is 0.493 e. The zero-order valence-corrected chi connectivity index (χ0v) is 16.2. The molecule has 0 atom stereocenters. The number of methoxy groups -OCH3 is 1. The molecule has 2 rings (SSSR count). The average Bonchev–Trinajstić information content (AvgIpc) is 3.08. The predicted octanol–water partition coefficient (Wildman–Crippen LogP) is 2.69. The summed E-state index contributed by atoms with van der Waals surface area (Å²) in [6.07, 6.45) is 0. The van der Waals surface area contributed by atoms with E-state index in [1.807, 2.05) is 25.7 Å². The summed E-state index contributed by atoms with van der Waals surface area (Å²) in [6, 6.07) is 4.43. The number of likely N-dealkylation sites (N-methyl/N-ethyl adjacent to an activating group) is 1. The number of carbonyl (C=O) groups is 1. The summed E-state index contributed by atoms with van der Waals surface area (Å²) in [6.45, 7) is 3.89. The maximum Gasteiger partial charge on any atom is 0.387 e. The zero-order valence-electron chi connectivity index (χ0n) is 16.2. The normalized spacial score (nSPS) is 11.3. The van der Waals surface area contributed by atoms with Gasteiger partial charge in [0.2, 0.25) is 17.6 Å². The monoisotopic (exact) mass is 398 g/mol. The van der Waals surface area contributed by atoms with Crippen molar-refractivity contribution in [1.82, 2.24) is 20.4 Å². The van der Waals surface area contributed by atoms with Gasteiger partial charge in [-0.15, -0.1) is 0 Å². The van der Waals surface area contributed by atoms with Crippen molar-refractivity contribution in [1.29, 1.82) is 0 Å². The Hall–Kier alpha value is -2.75. The Bertz CT molecular complexity index is 783. The van der Waals surface area contributed by atoms with Gasteiger partial charge < -0.3 is 19.3 Å². The third-order valence-electron chi connectivity index (χ3n) is 3.73. The minimum absolute atomic E-state index is 0.0632. The van der Waals surface area contributed by atoms with E-state index in [4.69, 9.17) is 9.26 Å². The number of nitrogens with one attached hydrogen (secondary N) is 1. The molecule has 1 N–H and O–H groups in total. The van der Waals surface area contributed by atoms with Gasteiger partial charge in [-0.2, -0.15) is 13.8 Å². The van der Waals surface area contributed by atoms with E-state index in [1.165, 1.54) is 25.3 Å². The molecular formula is C18H24F2N4O4. The molecule has 8 nitrogen and oxygen atoms in total. The Labute approximate surface area is 161 Å². The van der Waals surface area contributed by atoms with Crippen LogP contribution >= 0.6 is 0 Å². The second kappa shape index (κ2) is 9.98. The van der Waals surface area contributed by atoms with Crippen LogP contribution < -0.4 is 14.8 Å². The highest BCUT2D eigenvalue weighted by Gasteiger charge is 2.17. The molecule has 0 saturated heterocycles. The molecule has 1 aromatic carbocycles. The van der Waals surface area contributed by atoms with E-state index in [0.717, 1.165) is 0 Å². The molecule has 1 aromatic heterocycles. The SMILES string of the molecule is CCN(CC(=O)NC(C)C)Cc1nc(-c2ccc(OC(F)F)c(OC)c2)no1. The Morgan fingerprint density at radius 3 is 2.68 bits per heavy atom. The predicted molar refractivity (Wildman–Crippen MR) is 97.1 cm³/mol. The van der Waals surface area contributed by atoms with E-state index in [-0.39, 0.29) is 35.8 Å². The molecule has 28 heavy (non-hydrogen) atoms. The molecule has 0 aliphatic carbocycles. The Balaban J connectivity index is 2.09.